The van der Waals surface area contributed by atoms with E-state index in [4.69, 9.17) is 60.2 Å². The molecule has 0 spiro atoms. The highest BCUT2D eigenvalue weighted by Crippen LogP contribution is 2.35. The Balaban J connectivity index is 0.000000257. The highest BCUT2D eigenvalue weighted by molar-refractivity contribution is 8.07. The molecule has 4 aromatic heterocycles. The van der Waals surface area contributed by atoms with Crippen LogP contribution in [0.2, 0.25) is 15.1 Å². The molecule has 0 unspecified atom stereocenters. The predicted octanol–water partition coefficient (Wildman–Crippen LogP) is 18.7. The van der Waals surface area contributed by atoms with Gasteiger partial charge in [-0.15, -0.1) is 0 Å². The third-order valence-electron chi connectivity index (χ3n) is 19.7. The molecular weight excluding hydrogens is 1760 g/mol. The molecule has 0 radical (unpaired) electrons. The van der Waals surface area contributed by atoms with Gasteiger partial charge >= 0.3 is 24.1 Å². The number of aliphatic carboxylic acids is 2. The van der Waals surface area contributed by atoms with Gasteiger partial charge in [0.05, 0.1) is 42.8 Å². The Kier molecular flexibility index (Phi) is 38.9. The monoisotopic (exact) mass is 1860 g/mol. The van der Waals surface area contributed by atoms with Gasteiger partial charge in [0.2, 0.25) is 5.91 Å². The average molecular weight is 1860 g/mol. The Morgan fingerprint density at radius 3 is 1.14 bits per heavy atom. The standard InChI is InChI=1S/C32H30ClF2N5O3.C21H26ClF2NO3.C16H14N4O3.C10H11ClFN.C10H16FNO4.S2.H2S/c1-18(21-5-4-6-24(33)11-21)27(35)8-10-30(42)29-13-25(34)16-39(29)31(43)17-40-28-9-7-22(23-14-36-20(3)37-15-23)12-26(28)32(38-40)19(2)41;1-13(14-6-5-7-15(22)10-14)17(24)8-9-19(26)18-11-16(23)12-25(18)20(27)28-21(2,3)4;1-9(21)16-13-5-11(12-6-17-10(2)18-7-12)3-4-14(13)20(19-16)8-15(22)23;1-7(10(12)6-13)8-3-2-4-9(11)5-8;1-10(2,3)16-9(15)12-5-6(11)4-7(12)8(13)14;1-2;/h4-7,9,11-12,14-15,25,29H,8,10,13,16-17H2,1-3H3;5-7,10,16,18H,8-9,11-12H2,1-4H3;3-7H,8H2,1-2H3,(H,22,23);2-5H,6,13H2,1H3;6-7H,4-5H2,1-3H3,(H,13,14);;1H2/b27-18+;17-13+;;10-7+;;;/t25-,29+;16-,18+;;;6-,7+;;/m11..1../s1. The van der Waals surface area contributed by atoms with E-state index in [1.54, 1.807) is 192 Å². The first-order valence-corrected chi connectivity index (χ1v) is 41.8. The number of carboxylic acids is 2. The fourth-order valence-electron chi connectivity index (χ4n) is 13.4. The van der Waals surface area contributed by atoms with Crippen LogP contribution in [0.5, 0.6) is 0 Å². The van der Waals surface area contributed by atoms with Crippen LogP contribution in [0, 0.1) is 13.8 Å². The average Bonchev–Trinajstić information content (AvgIpc) is 1.63. The fourth-order valence-corrected chi connectivity index (χ4v) is 14.0. The second-order valence-corrected chi connectivity index (χ2v) is 32.8. The number of rotatable bonds is 21. The summed E-state index contributed by atoms with van der Waals surface area (Å²) < 4.78 is 97.0. The van der Waals surface area contributed by atoms with Gasteiger partial charge in [-0.3, -0.25) is 47.9 Å². The molecule has 4 N–H and O–H groups in total. The molecule has 7 heterocycles. The summed E-state index contributed by atoms with van der Waals surface area (Å²) >= 11 is 25.0. The minimum atomic E-state index is -1.38. The molecule has 0 aliphatic carbocycles. The molecule has 5 aromatic carbocycles. The number of nitrogens with zero attached hydrogens (tertiary/aromatic N) is 11. The van der Waals surface area contributed by atoms with E-state index in [0.717, 1.165) is 37.6 Å². The van der Waals surface area contributed by atoms with Gasteiger partial charge in [0.1, 0.15) is 89.4 Å². The Morgan fingerprint density at radius 2 is 0.810 bits per heavy atom. The van der Waals surface area contributed by atoms with Crippen molar-refractivity contribution >= 4 is 162 Å². The number of benzene rings is 5. The summed E-state index contributed by atoms with van der Waals surface area (Å²) in [6.07, 6.45) is 0.294. The van der Waals surface area contributed by atoms with Gasteiger partial charge in [0.15, 0.2) is 23.1 Å². The van der Waals surface area contributed by atoms with Gasteiger partial charge < -0.3 is 30.3 Å². The quantitative estimate of drug-likeness (QED) is 0.0444. The number of hydrogen-bond acceptors (Lipinski definition) is 20. The van der Waals surface area contributed by atoms with Crippen molar-refractivity contribution < 1.29 is 89.2 Å². The van der Waals surface area contributed by atoms with Crippen LogP contribution in [-0.4, -0.2) is 192 Å². The SMILES string of the molecule is C/C(=C(\F)CCC(=O)[C@@H]1C[C@@H](F)CN1C(=O)OC(C)(C)C)c1cccc(Cl)c1.C/C(=C(\F)CN)c1cccc(Cl)c1.CC(=O)c1nn(CC(=O)N2C[C@H](F)C[C@H]2C(=O)CC/C(F)=C(/C)c2cccc(Cl)c2)c2ccc(-c3cnc(C)nc3)cc12.CC(=O)c1nn(CC(=O)O)c2ccc(-c3cnc(C)nc3)cc12.CC(C)(C)OC(=O)N1C[C@H](F)C[C@H]1C(=O)O.S.S=S. The van der Waals surface area contributed by atoms with Gasteiger partial charge in [0.25, 0.3) is 0 Å². The lowest BCUT2D eigenvalue weighted by Crippen LogP contribution is -2.43. The highest BCUT2D eigenvalue weighted by Gasteiger charge is 2.44. The van der Waals surface area contributed by atoms with Crippen molar-refractivity contribution in [2.45, 2.75) is 196 Å². The van der Waals surface area contributed by atoms with Crippen molar-refractivity contribution in [1.82, 2.24) is 54.2 Å². The smallest absolute Gasteiger partial charge is 0.411 e. The molecule has 3 aliphatic rings. The molecule has 674 valence electrons. The zero-order chi connectivity index (χ0) is 92.8. The fraction of sp³-hybridized carbons (Fsp3) is 0.382. The number of allylic oxidation sites excluding steroid dienone is 5. The molecule has 0 bridgehead atoms. The minimum absolute atomic E-state index is 0. The van der Waals surface area contributed by atoms with Crippen LogP contribution < -0.4 is 5.73 Å². The number of amides is 3. The number of fused-ring (bicyclic) bond motifs is 2. The van der Waals surface area contributed by atoms with Crippen LogP contribution in [0.25, 0.3) is 60.8 Å². The lowest BCUT2D eigenvalue weighted by molar-refractivity contribution is -0.142. The van der Waals surface area contributed by atoms with Crippen LogP contribution in [0.4, 0.5) is 35.9 Å². The number of alkyl halides is 3. The summed E-state index contributed by atoms with van der Waals surface area (Å²) in [5.74, 6) is -3.92. The largest absolute Gasteiger partial charge is 0.480 e. The molecule has 37 heteroatoms. The Labute approximate surface area is 757 Å². The number of hydrogen-bond donors (Lipinski definition) is 3. The van der Waals surface area contributed by atoms with Crippen LogP contribution in [0.15, 0.2) is 151 Å². The van der Waals surface area contributed by atoms with E-state index in [9.17, 15) is 69.5 Å². The molecule has 6 atom stereocenters. The number of ketones is 4. The number of aromatic nitrogens is 8. The number of aryl methyl sites for hydroxylation is 2. The molecule has 12 rings (SSSR count). The number of carboxylic acid groups (broad SMARTS) is 2. The van der Waals surface area contributed by atoms with Crippen molar-refractivity contribution in [1.29, 1.82) is 0 Å². The first kappa shape index (κ1) is 104. The summed E-state index contributed by atoms with van der Waals surface area (Å²) in [5, 5.41) is 29.1. The summed E-state index contributed by atoms with van der Waals surface area (Å²) in [6.45, 7) is 20.1. The van der Waals surface area contributed by atoms with Gasteiger partial charge in [-0.1, -0.05) is 83.3 Å². The Morgan fingerprint density at radius 1 is 0.476 bits per heavy atom. The Hall–Kier alpha value is -10.8. The lowest BCUT2D eigenvalue weighted by Gasteiger charge is -2.27. The number of Topliss-reactive ketones (excluding diaryl/α,β-unsaturated/α-hetero) is 4. The van der Waals surface area contributed by atoms with Crippen LogP contribution >= 0.6 is 48.3 Å². The van der Waals surface area contributed by atoms with Crippen molar-refractivity contribution in [3.05, 3.63) is 206 Å². The summed E-state index contributed by atoms with van der Waals surface area (Å²) in [7, 11) is 0. The van der Waals surface area contributed by atoms with E-state index in [1.807, 2.05) is 18.2 Å². The molecule has 3 saturated heterocycles. The van der Waals surface area contributed by atoms with Crippen molar-refractivity contribution in [2.75, 3.05) is 26.2 Å². The van der Waals surface area contributed by atoms with Crippen molar-refractivity contribution in [2.24, 2.45) is 5.73 Å². The van der Waals surface area contributed by atoms with E-state index >= 15 is 0 Å². The van der Waals surface area contributed by atoms with Gasteiger partial charge in [0, 0.05) is 149 Å². The van der Waals surface area contributed by atoms with Crippen molar-refractivity contribution in [3.63, 3.8) is 0 Å². The maximum absolute atomic E-state index is 14.9. The third kappa shape index (κ3) is 29.7. The first-order chi connectivity index (χ1) is 58.8. The highest BCUT2D eigenvalue weighted by atomic mass is 35.5. The zero-order valence-electron chi connectivity index (χ0n) is 71.5. The number of ether oxygens (including phenoxy) is 2. The predicted molar refractivity (Wildman–Crippen MR) is 482 cm³/mol. The van der Waals surface area contributed by atoms with Crippen LogP contribution in [0.1, 0.15) is 170 Å². The molecule has 9 aromatic rings. The number of likely N-dealkylation sites (tertiary alicyclic amines) is 3. The number of carbonyl (C=O) groups is 9. The summed E-state index contributed by atoms with van der Waals surface area (Å²) in [5.41, 5.74) is 11.8. The minimum Gasteiger partial charge on any atom is -0.480 e. The van der Waals surface area contributed by atoms with Crippen LogP contribution in [0.3, 0.4) is 0 Å². The third-order valence-corrected chi connectivity index (χ3v) is 20.4. The number of nitrogens with two attached hydrogens (primary N) is 1. The topological polar surface area (TPSA) is 335 Å². The summed E-state index contributed by atoms with van der Waals surface area (Å²) in [6, 6.07) is 28.3. The van der Waals surface area contributed by atoms with E-state index in [1.165, 1.54) is 28.1 Å². The number of carbonyl (C=O) groups excluding carboxylic acids is 7. The normalized spacial score (nSPS) is 17.1. The summed E-state index contributed by atoms with van der Waals surface area (Å²) in [4.78, 5) is 129. The molecule has 0 saturated carbocycles. The van der Waals surface area contributed by atoms with Gasteiger partial charge in [-0.05, 0) is 181 Å². The van der Waals surface area contributed by atoms with Gasteiger partial charge in [-0.2, -0.15) is 23.7 Å². The molecule has 3 fully saturated rings. The number of halogens is 9. The molecule has 3 amide bonds. The second kappa shape index (κ2) is 47.2. The maximum Gasteiger partial charge on any atom is 0.411 e. The first-order valence-electron chi connectivity index (χ1n) is 39.3. The maximum atomic E-state index is 14.9. The molecule has 25 nitrogen and oxygen atoms in total. The van der Waals surface area contributed by atoms with E-state index in [2.05, 4.69) is 52.5 Å². The van der Waals surface area contributed by atoms with E-state index < -0.39 is 95.3 Å². The zero-order valence-corrected chi connectivity index (χ0v) is 76.4. The molecular formula is C89H99Cl3F6N12O13S3. The second-order valence-electron chi connectivity index (χ2n) is 31.5. The van der Waals surface area contributed by atoms with E-state index in [0.29, 0.717) is 76.4 Å². The molecule has 126 heavy (non-hydrogen) atoms. The molecule has 3 aliphatic heterocycles. The Bertz CT molecular complexity index is 5540. The van der Waals surface area contributed by atoms with Gasteiger partial charge in [-0.25, -0.2) is 60.7 Å². The van der Waals surface area contributed by atoms with E-state index in [-0.39, 0.29) is 132 Å². The lowest BCUT2D eigenvalue weighted by atomic mass is 10.0. The van der Waals surface area contributed by atoms with Crippen molar-refractivity contribution in [3.8, 4) is 22.3 Å². The van der Waals surface area contributed by atoms with Crippen LogP contribution in [-0.2, 0) is 68.9 Å².